The number of rotatable bonds is 5. The molecular formula is C14H20O3. The maximum absolute atomic E-state index is 10.6. The number of carboxylic acids is 1. The number of hydrogen-bond acceptors (Lipinski definition) is 2. The molecule has 1 aromatic carbocycles. The van der Waals surface area contributed by atoms with Crippen LogP contribution in [0.25, 0.3) is 0 Å². The molecule has 0 aliphatic heterocycles. The van der Waals surface area contributed by atoms with Crippen LogP contribution in [0.4, 0.5) is 0 Å². The highest BCUT2D eigenvalue weighted by Crippen LogP contribution is 2.27. The van der Waals surface area contributed by atoms with Gasteiger partial charge in [0.15, 0.2) is 0 Å². The maximum Gasteiger partial charge on any atom is 0.303 e. The zero-order valence-electron chi connectivity index (χ0n) is 10.9. The van der Waals surface area contributed by atoms with E-state index in [2.05, 4.69) is 0 Å². The van der Waals surface area contributed by atoms with Crippen molar-refractivity contribution in [3.63, 3.8) is 0 Å². The summed E-state index contributed by atoms with van der Waals surface area (Å²) in [6.07, 6.45) is 0.619. The predicted molar refractivity (Wildman–Crippen MR) is 67.5 cm³/mol. The largest absolute Gasteiger partial charge is 0.488 e. The SMILES string of the molecule is Cc1cccc(OC(C)(C)CCC(=O)O)c1C. The highest BCUT2D eigenvalue weighted by atomic mass is 16.5. The van der Waals surface area contributed by atoms with Crippen LogP contribution in [0, 0.1) is 13.8 Å². The summed E-state index contributed by atoms with van der Waals surface area (Å²) in [7, 11) is 0. The van der Waals surface area contributed by atoms with Gasteiger partial charge in [-0.05, 0) is 51.3 Å². The lowest BCUT2D eigenvalue weighted by Crippen LogP contribution is -2.29. The summed E-state index contributed by atoms with van der Waals surface area (Å²) in [6, 6.07) is 5.90. The first-order valence-corrected chi connectivity index (χ1v) is 5.79. The normalized spacial score (nSPS) is 11.3. The van der Waals surface area contributed by atoms with Gasteiger partial charge in [0.1, 0.15) is 11.4 Å². The molecule has 0 fully saturated rings. The van der Waals surface area contributed by atoms with Crippen LogP contribution in [0.5, 0.6) is 5.75 Å². The van der Waals surface area contributed by atoms with Crippen molar-refractivity contribution < 1.29 is 14.6 Å². The number of ether oxygens (including phenoxy) is 1. The molecule has 1 aromatic rings. The lowest BCUT2D eigenvalue weighted by Gasteiger charge is -2.27. The Balaban J connectivity index is 2.75. The maximum atomic E-state index is 10.6. The zero-order valence-corrected chi connectivity index (χ0v) is 10.9. The zero-order chi connectivity index (χ0) is 13.1. The summed E-state index contributed by atoms with van der Waals surface area (Å²) < 4.78 is 5.90. The Morgan fingerprint density at radius 2 is 2.00 bits per heavy atom. The fourth-order valence-electron chi connectivity index (χ4n) is 1.59. The minimum Gasteiger partial charge on any atom is -0.488 e. The van der Waals surface area contributed by atoms with Crippen LogP contribution in [0.1, 0.15) is 37.8 Å². The van der Waals surface area contributed by atoms with E-state index in [9.17, 15) is 4.79 Å². The molecule has 1 rings (SSSR count). The first kappa shape index (κ1) is 13.6. The van der Waals surface area contributed by atoms with E-state index in [-0.39, 0.29) is 6.42 Å². The first-order chi connectivity index (χ1) is 7.82. The van der Waals surface area contributed by atoms with Crippen LogP contribution < -0.4 is 4.74 Å². The van der Waals surface area contributed by atoms with Crippen molar-refractivity contribution in [1.29, 1.82) is 0 Å². The molecule has 0 saturated carbocycles. The molecule has 3 nitrogen and oxygen atoms in total. The second-order valence-corrected chi connectivity index (χ2v) is 4.95. The van der Waals surface area contributed by atoms with Crippen molar-refractivity contribution in [2.24, 2.45) is 0 Å². The number of hydrogen-bond donors (Lipinski definition) is 1. The fourth-order valence-corrected chi connectivity index (χ4v) is 1.59. The lowest BCUT2D eigenvalue weighted by molar-refractivity contribution is -0.138. The molecule has 0 unspecified atom stereocenters. The summed E-state index contributed by atoms with van der Waals surface area (Å²) >= 11 is 0. The Kier molecular flexibility index (Phi) is 4.16. The van der Waals surface area contributed by atoms with E-state index < -0.39 is 11.6 Å². The van der Waals surface area contributed by atoms with E-state index in [1.807, 2.05) is 45.9 Å². The standard InChI is InChI=1S/C14H20O3/c1-10-6-5-7-12(11(10)2)17-14(3,4)9-8-13(15)16/h5-7H,8-9H2,1-4H3,(H,15,16). The molecule has 0 heterocycles. The summed E-state index contributed by atoms with van der Waals surface area (Å²) in [6.45, 7) is 7.87. The van der Waals surface area contributed by atoms with Gasteiger partial charge >= 0.3 is 5.97 Å². The molecule has 1 N–H and O–H groups in total. The molecule has 0 atom stereocenters. The van der Waals surface area contributed by atoms with Gasteiger partial charge in [-0.3, -0.25) is 4.79 Å². The average Bonchev–Trinajstić information content (AvgIpc) is 2.22. The van der Waals surface area contributed by atoms with Crippen LogP contribution >= 0.6 is 0 Å². The number of benzene rings is 1. The Hall–Kier alpha value is -1.51. The van der Waals surface area contributed by atoms with Gasteiger partial charge in [-0.2, -0.15) is 0 Å². The predicted octanol–water partition coefficient (Wildman–Crippen LogP) is 3.33. The van der Waals surface area contributed by atoms with Crippen molar-refractivity contribution in [2.45, 2.75) is 46.1 Å². The monoisotopic (exact) mass is 236 g/mol. The molecule has 0 radical (unpaired) electrons. The van der Waals surface area contributed by atoms with E-state index in [4.69, 9.17) is 9.84 Å². The second-order valence-electron chi connectivity index (χ2n) is 4.95. The molecule has 3 heteroatoms. The Bertz CT molecular complexity index is 408. The van der Waals surface area contributed by atoms with Crippen molar-refractivity contribution >= 4 is 5.97 Å². The number of carbonyl (C=O) groups is 1. The van der Waals surface area contributed by atoms with Crippen molar-refractivity contribution in [2.75, 3.05) is 0 Å². The third kappa shape index (κ3) is 4.10. The van der Waals surface area contributed by atoms with Crippen molar-refractivity contribution in [3.8, 4) is 5.75 Å². The van der Waals surface area contributed by atoms with Crippen molar-refractivity contribution in [1.82, 2.24) is 0 Å². The summed E-state index contributed by atoms with van der Waals surface area (Å²) in [4.78, 5) is 10.6. The molecule has 0 amide bonds. The smallest absolute Gasteiger partial charge is 0.303 e. The third-order valence-electron chi connectivity index (χ3n) is 2.88. The molecule has 94 valence electrons. The molecule has 0 aliphatic carbocycles. The van der Waals surface area contributed by atoms with Gasteiger partial charge in [0.25, 0.3) is 0 Å². The van der Waals surface area contributed by atoms with E-state index in [0.717, 1.165) is 11.3 Å². The van der Waals surface area contributed by atoms with Gasteiger partial charge < -0.3 is 9.84 Å². The molecule has 0 aliphatic rings. The highest BCUT2D eigenvalue weighted by Gasteiger charge is 2.22. The number of aliphatic carboxylic acids is 1. The summed E-state index contributed by atoms with van der Waals surface area (Å²) in [5.41, 5.74) is 1.82. The average molecular weight is 236 g/mol. The summed E-state index contributed by atoms with van der Waals surface area (Å²) in [5, 5.41) is 8.69. The van der Waals surface area contributed by atoms with Crippen LogP contribution in [-0.4, -0.2) is 16.7 Å². The van der Waals surface area contributed by atoms with Gasteiger partial charge in [-0.15, -0.1) is 0 Å². The Morgan fingerprint density at radius 3 is 2.59 bits per heavy atom. The molecule has 0 bridgehead atoms. The van der Waals surface area contributed by atoms with Crippen LogP contribution in [0.15, 0.2) is 18.2 Å². The van der Waals surface area contributed by atoms with Crippen molar-refractivity contribution in [3.05, 3.63) is 29.3 Å². The molecule has 17 heavy (non-hydrogen) atoms. The second kappa shape index (κ2) is 5.21. The molecular weight excluding hydrogens is 216 g/mol. The number of carboxylic acid groups (broad SMARTS) is 1. The van der Waals surface area contributed by atoms with E-state index in [1.54, 1.807) is 0 Å². The highest BCUT2D eigenvalue weighted by molar-refractivity contribution is 5.66. The molecule has 0 saturated heterocycles. The van der Waals surface area contributed by atoms with Gasteiger partial charge in [0.2, 0.25) is 0 Å². The Morgan fingerprint density at radius 1 is 1.35 bits per heavy atom. The fraction of sp³-hybridized carbons (Fsp3) is 0.500. The van der Waals surface area contributed by atoms with Crippen LogP contribution in [-0.2, 0) is 4.79 Å². The quantitative estimate of drug-likeness (QED) is 0.853. The lowest BCUT2D eigenvalue weighted by atomic mass is 10.0. The topological polar surface area (TPSA) is 46.5 Å². The molecule has 0 spiro atoms. The minimum atomic E-state index is -0.789. The van der Waals surface area contributed by atoms with E-state index >= 15 is 0 Å². The van der Waals surface area contributed by atoms with E-state index in [1.165, 1.54) is 5.56 Å². The van der Waals surface area contributed by atoms with Gasteiger partial charge in [-0.25, -0.2) is 0 Å². The van der Waals surface area contributed by atoms with Gasteiger partial charge in [0, 0.05) is 6.42 Å². The first-order valence-electron chi connectivity index (χ1n) is 5.79. The minimum absolute atomic E-state index is 0.123. The van der Waals surface area contributed by atoms with Crippen LogP contribution in [0.3, 0.4) is 0 Å². The van der Waals surface area contributed by atoms with Gasteiger partial charge in [-0.1, -0.05) is 12.1 Å². The number of aryl methyl sites for hydroxylation is 1. The third-order valence-corrected chi connectivity index (χ3v) is 2.88. The van der Waals surface area contributed by atoms with E-state index in [0.29, 0.717) is 6.42 Å². The Labute approximate surface area is 102 Å². The molecule has 0 aromatic heterocycles. The summed E-state index contributed by atoms with van der Waals surface area (Å²) in [5.74, 6) is 0.0445. The van der Waals surface area contributed by atoms with Crippen LogP contribution in [0.2, 0.25) is 0 Å². The van der Waals surface area contributed by atoms with Gasteiger partial charge in [0.05, 0.1) is 0 Å².